The molecule has 0 saturated carbocycles. The molecule has 0 bridgehead atoms. The zero-order valence-electron chi connectivity index (χ0n) is 7.62. The van der Waals surface area contributed by atoms with Crippen LogP contribution in [0.1, 0.15) is 0 Å². The monoisotopic (exact) mass is 219 g/mol. The third-order valence-electron chi connectivity index (χ3n) is 1.76. The first-order valence-corrected chi connectivity index (χ1v) is 4.03. The zero-order valence-corrected chi connectivity index (χ0v) is 7.62. The van der Waals surface area contributed by atoms with Crippen molar-refractivity contribution >= 4 is 12.0 Å². The molecule has 0 unspecified atom stereocenters. The van der Waals surface area contributed by atoms with Crippen LogP contribution in [0.2, 0.25) is 0 Å². The summed E-state index contributed by atoms with van der Waals surface area (Å²) in [6, 6.07) is 0. The van der Waals surface area contributed by atoms with Crippen LogP contribution in [0.15, 0.2) is 0 Å². The predicted octanol–water partition coefficient (Wildman–Crippen LogP) is -1.50. The maximum atomic E-state index is 11.0. The largest absolute Gasteiger partial charge is 0.434 e. The maximum Gasteiger partial charge on any atom is 0.410 e. The number of amides is 2. The summed E-state index contributed by atoms with van der Waals surface area (Å²) in [5.74, 6) is -0.749. The standard InChI is InChI=1S/C6H9N3O6/c7-5(10)4-3-8(6(11)15-4)1-2-14-9(12)13/h4H,1-3H2,(H2,7,10)/t4-/m1/s1. The summed E-state index contributed by atoms with van der Waals surface area (Å²) in [6.45, 7) is -0.299. The van der Waals surface area contributed by atoms with Crippen LogP contribution in [0.5, 0.6) is 0 Å². The van der Waals surface area contributed by atoms with Gasteiger partial charge in [0.2, 0.25) is 0 Å². The van der Waals surface area contributed by atoms with E-state index in [9.17, 15) is 19.7 Å². The Kier molecular flexibility index (Phi) is 3.26. The lowest BCUT2D eigenvalue weighted by molar-refractivity contribution is -0.757. The molecule has 0 aliphatic carbocycles. The van der Waals surface area contributed by atoms with E-state index in [1.54, 1.807) is 0 Å². The molecule has 0 aromatic carbocycles. The highest BCUT2D eigenvalue weighted by atomic mass is 16.9. The molecule has 2 amide bonds. The van der Waals surface area contributed by atoms with Gasteiger partial charge < -0.3 is 20.2 Å². The molecule has 1 atom stereocenters. The average molecular weight is 219 g/mol. The smallest absolute Gasteiger partial charge is 0.410 e. The fraction of sp³-hybridized carbons (Fsp3) is 0.667. The number of hydrogen-bond acceptors (Lipinski definition) is 6. The minimum Gasteiger partial charge on any atom is -0.434 e. The summed E-state index contributed by atoms with van der Waals surface area (Å²) < 4.78 is 4.58. The Morgan fingerprint density at radius 3 is 2.93 bits per heavy atom. The van der Waals surface area contributed by atoms with E-state index in [1.807, 2.05) is 0 Å². The van der Waals surface area contributed by atoms with Gasteiger partial charge in [-0.1, -0.05) is 0 Å². The molecule has 0 radical (unpaired) electrons. The van der Waals surface area contributed by atoms with Crippen molar-refractivity contribution in [3.8, 4) is 0 Å². The molecule has 9 nitrogen and oxygen atoms in total. The Morgan fingerprint density at radius 1 is 1.80 bits per heavy atom. The van der Waals surface area contributed by atoms with Crippen molar-refractivity contribution in [2.45, 2.75) is 6.10 Å². The lowest BCUT2D eigenvalue weighted by Crippen LogP contribution is -2.34. The van der Waals surface area contributed by atoms with Gasteiger partial charge in [-0.05, 0) is 0 Å². The van der Waals surface area contributed by atoms with Crippen molar-refractivity contribution in [1.82, 2.24) is 4.90 Å². The second-order valence-electron chi connectivity index (χ2n) is 2.78. The summed E-state index contributed by atoms with van der Waals surface area (Å²) in [5, 5.41) is 8.84. The number of hydrogen-bond donors (Lipinski definition) is 1. The molecule has 1 rings (SSSR count). The number of ether oxygens (including phenoxy) is 1. The van der Waals surface area contributed by atoms with Gasteiger partial charge in [-0.15, -0.1) is 10.1 Å². The Hall–Kier alpha value is -2.06. The number of primary amides is 1. The first kappa shape index (κ1) is 11.0. The van der Waals surface area contributed by atoms with Gasteiger partial charge in [0.1, 0.15) is 6.61 Å². The van der Waals surface area contributed by atoms with Crippen LogP contribution in [0.4, 0.5) is 4.79 Å². The first-order chi connectivity index (χ1) is 7.00. The van der Waals surface area contributed by atoms with Crippen LogP contribution < -0.4 is 5.73 Å². The summed E-state index contributed by atoms with van der Waals surface area (Å²) >= 11 is 0. The topological polar surface area (TPSA) is 125 Å². The number of cyclic esters (lactones) is 1. The second kappa shape index (κ2) is 4.44. The average Bonchev–Trinajstić information content (AvgIpc) is 2.47. The zero-order chi connectivity index (χ0) is 11.4. The van der Waals surface area contributed by atoms with Gasteiger partial charge in [-0.2, -0.15) is 0 Å². The Balaban J connectivity index is 2.34. The number of rotatable bonds is 5. The number of carbonyl (C=O) groups excluding carboxylic acids is 2. The SMILES string of the molecule is NC(=O)[C@H]1CN(CCO[N+](=O)[O-])C(=O)O1. The molecule has 9 heteroatoms. The first-order valence-electron chi connectivity index (χ1n) is 4.03. The van der Waals surface area contributed by atoms with Crippen molar-refractivity contribution < 1.29 is 24.3 Å². The molecule has 15 heavy (non-hydrogen) atoms. The van der Waals surface area contributed by atoms with Gasteiger partial charge in [0.25, 0.3) is 11.0 Å². The van der Waals surface area contributed by atoms with Gasteiger partial charge in [-0.3, -0.25) is 4.79 Å². The molecule has 0 aromatic heterocycles. The Morgan fingerprint density at radius 2 is 2.47 bits per heavy atom. The van der Waals surface area contributed by atoms with E-state index in [1.165, 1.54) is 0 Å². The van der Waals surface area contributed by atoms with Crippen molar-refractivity contribution in [1.29, 1.82) is 0 Å². The highest BCUT2D eigenvalue weighted by Gasteiger charge is 2.34. The van der Waals surface area contributed by atoms with Crippen molar-refractivity contribution in [2.24, 2.45) is 5.73 Å². The second-order valence-corrected chi connectivity index (χ2v) is 2.78. The van der Waals surface area contributed by atoms with Crippen LogP contribution in [0.25, 0.3) is 0 Å². The molecular formula is C6H9N3O6. The number of nitrogens with two attached hydrogens (primary N) is 1. The molecule has 1 aliphatic heterocycles. The number of nitrogens with zero attached hydrogens (tertiary/aromatic N) is 2. The van der Waals surface area contributed by atoms with Gasteiger partial charge >= 0.3 is 6.09 Å². The Labute approximate surface area is 83.8 Å². The molecule has 0 spiro atoms. The third-order valence-corrected chi connectivity index (χ3v) is 1.76. The minimum absolute atomic E-state index is 0.00472. The molecule has 0 aromatic rings. The summed E-state index contributed by atoms with van der Waals surface area (Å²) in [4.78, 5) is 36.6. The third kappa shape index (κ3) is 2.97. The summed E-state index contributed by atoms with van der Waals surface area (Å²) in [7, 11) is 0. The maximum absolute atomic E-state index is 11.0. The molecule has 1 fully saturated rings. The molecular weight excluding hydrogens is 210 g/mol. The predicted molar refractivity (Wildman–Crippen MR) is 44.0 cm³/mol. The molecule has 2 N–H and O–H groups in total. The van der Waals surface area contributed by atoms with Crippen LogP contribution in [0, 0.1) is 10.1 Å². The van der Waals surface area contributed by atoms with Crippen molar-refractivity contribution in [3.63, 3.8) is 0 Å². The highest BCUT2D eigenvalue weighted by molar-refractivity contribution is 5.84. The van der Waals surface area contributed by atoms with Crippen LogP contribution in [0.3, 0.4) is 0 Å². The van der Waals surface area contributed by atoms with Crippen LogP contribution in [-0.2, 0) is 14.4 Å². The normalized spacial score (nSPS) is 19.9. The summed E-state index contributed by atoms with van der Waals surface area (Å²) in [6.07, 6.45) is -1.72. The lowest BCUT2D eigenvalue weighted by atomic mass is 10.3. The molecule has 1 heterocycles. The van der Waals surface area contributed by atoms with Gasteiger partial charge in [0, 0.05) is 6.54 Å². The van der Waals surface area contributed by atoms with E-state index in [-0.39, 0.29) is 19.7 Å². The molecule has 1 aliphatic rings. The minimum atomic E-state index is -0.992. The lowest BCUT2D eigenvalue weighted by Gasteiger charge is -2.10. The number of carbonyl (C=O) groups is 2. The van der Waals surface area contributed by atoms with Crippen LogP contribution >= 0.6 is 0 Å². The van der Waals surface area contributed by atoms with Gasteiger partial charge in [-0.25, -0.2) is 4.79 Å². The fourth-order valence-electron chi connectivity index (χ4n) is 1.06. The molecule has 1 saturated heterocycles. The van der Waals surface area contributed by atoms with E-state index in [4.69, 9.17) is 5.73 Å². The van der Waals surface area contributed by atoms with Gasteiger partial charge in [0.15, 0.2) is 6.10 Å². The molecule has 84 valence electrons. The quantitative estimate of drug-likeness (QED) is 0.443. The van der Waals surface area contributed by atoms with Crippen molar-refractivity contribution in [2.75, 3.05) is 19.7 Å². The van der Waals surface area contributed by atoms with E-state index in [0.29, 0.717) is 0 Å². The van der Waals surface area contributed by atoms with E-state index >= 15 is 0 Å². The fourth-order valence-corrected chi connectivity index (χ4v) is 1.06. The highest BCUT2D eigenvalue weighted by Crippen LogP contribution is 2.09. The van der Waals surface area contributed by atoms with Crippen LogP contribution in [-0.4, -0.2) is 47.8 Å². The van der Waals surface area contributed by atoms with Crippen molar-refractivity contribution in [3.05, 3.63) is 10.1 Å². The van der Waals surface area contributed by atoms with Gasteiger partial charge in [0.05, 0.1) is 6.54 Å². The Bertz CT molecular complexity index is 293. The van der Waals surface area contributed by atoms with E-state index in [2.05, 4.69) is 9.57 Å². The summed E-state index contributed by atoms with van der Waals surface area (Å²) in [5.41, 5.74) is 4.92. The van der Waals surface area contributed by atoms with E-state index < -0.39 is 23.2 Å². The van der Waals surface area contributed by atoms with E-state index in [0.717, 1.165) is 4.90 Å².